The second kappa shape index (κ2) is 6.39. The van der Waals surface area contributed by atoms with Crippen LogP contribution in [0.2, 0.25) is 0 Å². The Balaban J connectivity index is 1.59. The van der Waals surface area contributed by atoms with Crippen molar-refractivity contribution in [3.63, 3.8) is 0 Å². The molecular formula is C17H19N3O. The number of aromatic nitrogens is 1. The third-order valence-corrected chi connectivity index (χ3v) is 3.81. The first-order valence-corrected chi connectivity index (χ1v) is 7.35. The molecule has 0 bridgehead atoms. The molecule has 0 radical (unpaired) electrons. The van der Waals surface area contributed by atoms with Crippen molar-refractivity contribution in [2.24, 2.45) is 0 Å². The van der Waals surface area contributed by atoms with Crippen molar-refractivity contribution in [2.75, 3.05) is 18.4 Å². The summed E-state index contributed by atoms with van der Waals surface area (Å²) in [7, 11) is 0. The maximum Gasteiger partial charge on any atom is 0.227 e. The third-order valence-electron chi connectivity index (χ3n) is 3.81. The Hall–Kier alpha value is -2.36. The third kappa shape index (κ3) is 3.21. The van der Waals surface area contributed by atoms with E-state index in [0.717, 1.165) is 36.3 Å². The minimum atomic E-state index is -0.0498. The fourth-order valence-corrected chi connectivity index (χ4v) is 2.72. The number of amides is 1. The van der Waals surface area contributed by atoms with Gasteiger partial charge >= 0.3 is 0 Å². The first kappa shape index (κ1) is 13.6. The largest absolute Gasteiger partial charge is 0.385 e. The Bertz CT molecular complexity index is 612. The van der Waals surface area contributed by atoms with Crippen LogP contribution in [0.25, 0.3) is 0 Å². The number of pyridine rings is 1. The quantitative estimate of drug-likeness (QED) is 0.904. The Labute approximate surface area is 124 Å². The zero-order chi connectivity index (χ0) is 14.5. The standard InChI is InChI=1S/C17H19N3O/c21-17(20-11-8-13-5-3-4-10-18-13)15-9-12-19-16-7-2-1-6-14(15)16/h1-7,10,15,19H,8-9,11-12H2,(H,20,21). The number of rotatable bonds is 4. The van der Waals surface area contributed by atoms with E-state index in [1.165, 1.54) is 0 Å². The van der Waals surface area contributed by atoms with Gasteiger partial charge in [0.15, 0.2) is 0 Å². The Kier molecular flexibility index (Phi) is 4.15. The SMILES string of the molecule is O=C(NCCc1ccccn1)C1CCNc2ccccc21. The number of carbonyl (C=O) groups excluding carboxylic acids is 1. The topological polar surface area (TPSA) is 54.0 Å². The molecule has 2 aromatic rings. The summed E-state index contributed by atoms with van der Waals surface area (Å²) in [5, 5.41) is 6.37. The monoisotopic (exact) mass is 281 g/mol. The molecule has 1 amide bonds. The zero-order valence-electron chi connectivity index (χ0n) is 11.9. The van der Waals surface area contributed by atoms with Gasteiger partial charge < -0.3 is 10.6 Å². The Morgan fingerprint density at radius 2 is 2.10 bits per heavy atom. The summed E-state index contributed by atoms with van der Waals surface area (Å²) in [5.41, 5.74) is 3.18. The molecule has 21 heavy (non-hydrogen) atoms. The molecule has 1 atom stereocenters. The van der Waals surface area contributed by atoms with E-state index in [9.17, 15) is 4.79 Å². The molecule has 0 spiro atoms. The molecule has 0 saturated carbocycles. The van der Waals surface area contributed by atoms with Crippen LogP contribution in [-0.4, -0.2) is 24.0 Å². The van der Waals surface area contributed by atoms with Gasteiger partial charge in [-0.15, -0.1) is 0 Å². The lowest BCUT2D eigenvalue weighted by Crippen LogP contribution is -2.34. The second-order valence-corrected chi connectivity index (χ2v) is 5.22. The van der Waals surface area contributed by atoms with Gasteiger partial charge in [0.05, 0.1) is 5.92 Å². The van der Waals surface area contributed by atoms with Crippen molar-refractivity contribution in [2.45, 2.75) is 18.8 Å². The van der Waals surface area contributed by atoms with Gasteiger partial charge in [0.2, 0.25) is 5.91 Å². The summed E-state index contributed by atoms with van der Waals surface area (Å²) in [6, 6.07) is 13.9. The van der Waals surface area contributed by atoms with Crippen molar-refractivity contribution in [3.8, 4) is 0 Å². The number of nitrogens with one attached hydrogen (secondary N) is 2. The molecule has 0 fully saturated rings. The minimum Gasteiger partial charge on any atom is -0.385 e. The van der Waals surface area contributed by atoms with Gasteiger partial charge in [-0.25, -0.2) is 0 Å². The van der Waals surface area contributed by atoms with Gasteiger partial charge in [-0.3, -0.25) is 9.78 Å². The lowest BCUT2D eigenvalue weighted by molar-refractivity contribution is -0.122. The molecule has 1 aliphatic heterocycles. The van der Waals surface area contributed by atoms with E-state index in [1.54, 1.807) is 6.20 Å². The van der Waals surface area contributed by atoms with Crippen molar-refractivity contribution < 1.29 is 4.79 Å². The maximum atomic E-state index is 12.4. The number of hydrogen-bond acceptors (Lipinski definition) is 3. The van der Waals surface area contributed by atoms with Gasteiger partial charge in [0.1, 0.15) is 0 Å². The summed E-state index contributed by atoms with van der Waals surface area (Å²) in [6.07, 6.45) is 3.38. The van der Waals surface area contributed by atoms with E-state index in [0.29, 0.717) is 6.54 Å². The van der Waals surface area contributed by atoms with Gasteiger partial charge in [0.25, 0.3) is 0 Å². The van der Waals surface area contributed by atoms with E-state index in [4.69, 9.17) is 0 Å². The molecule has 0 aliphatic carbocycles. The smallest absolute Gasteiger partial charge is 0.227 e. The lowest BCUT2D eigenvalue weighted by Gasteiger charge is -2.25. The van der Waals surface area contributed by atoms with Crippen molar-refractivity contribution >= 4 is 11.6 Å². The van der Waals surface area contributed by atoms with Crippen molar-refractivity contribution in [1.29, 1.82) is 0 Å². The number of fused-ring (bicyclic) bond motifs is 1. The van der Waals surface area contributed by atoms with Crippen LogP contribution >= 0.6 is 0 Å². The summed E-state index contributed by atoms with van der Waals surface area (Å²) < 4.78 is 0. The van der Waals surface area contributed by atoms with E-state index in [1.807, 2.05) is 42.5 Å². The molecule has 2 heterocycles. The van der Waals surface area contributed by atoms with Crippen molar-refractivity contribution in [1.82, 2.24) is 10.3 Å². The highest BCUT2D eigenvalue weighted by molar-refractivity contribution is 5.86. The summed E-state index contributed by atoms with van der Waals surface area (Å²) in [5.74, 6) is 0.0612. The molecule has 1 unspecified atom stereocenters. The molecule has 108 valence electrons. The van der Waals surface area contributed by atoms with Crippen LogP contribution in [0.1, 0.15) is 23.6 Å². The molecule has 0 saturated heterocycles. The van der Waals surface area contributed by atoms with Crippen molar-refractivity contribution in [3.05, 3.63) is 59.9 Å². The highest BCUT2D eigenvalue weighted by atomic mass is 16.1. The molecule has 4 heteroatoms. The summed E-state index contributed by atoms with van der Waals surface area (Å²) in [6.45, 7) is 1.47. The predicted molar refractivity (Wildman–Crippen MR) is 83.2 cm³/mol. The first-order valence-electron chi connectivity index (χ1n) is 7.35. The predicted octanol–water partition coefficient (Wildman–Crippen LogP) is 2.34. The highest BCUT2D eigenvalue weighted by Crippen LogP contribution is 2.31. The number of hydrogen-bond donors (Lipinski definition) is 2. The molecule has 1 aliphatic rings. The fourth-order valence-electron chi connectivity index (χ4n) is 2.72. The fraction of sp³-hybridized carbons (Fsp3) is 0.294. The zero-order valence-corrected chi connectivity index (χ0v) is 11.9. The minimum absolute atomic E-state index is 0.0498. The second-order valence-electron chi connectivity index (χ2n) is 5.22. The van der Waals surface area contributed by atoms with E-state index >= 15 is 0 Å². The normalized spacial score (nSPS) is 16.7. The number of carbonyl (C=O) groups is 1. The number of benzene rings is 1. The average Bonchev–Trinajstić information content (AvgIpc) is 2.55. The van der Waals surface area contributed by atoms with E-state index in [2.05, 4.69) is 15.6 Å². The van der Waals surface area contributed by atoms with Crippen LogP contribution in [0.4, 0.5) is 5.69 Å². The van der Waals surface area contributed by atoms with Crippen LogP contribution in [0, 0.1) is 0 Å². The maximum absolute atomic E-state index is 12.4. The number of anilines is 1. The number of para-hydroxylation sites is 1. The van der Waals surface area contributed by atoms with Gasteiger partial charge in [-0.2, -0.15) is 0 Å². The summed E-state index contributed by atoms with van der Waals surface area (Å²) >= 11 is 0. The Morgan fingerprint density at radius 3 is 2.95 bits per heavy atom. The molecule has 1 aromatic heterocycles. The molecular weight excluding hydrogens is 262 g/mol. The van der Waals surface area contributed by atoms with Crippen LogP contribution < -0.4 is 10.6 Å². The number of nitrogens with zero attached hydrogens (tertiary/aromatic N) is 1. The van der Waals surface area contributed by atoms with Gasteiger partial charge in [-0.05, 0) is 30.2 Å². The molecule has 4 nitrogen and oxygen atoms in total. The Morgan fingerprint density at radius 1 is 1.24 bits per heavy atom. The van der Waals surface area contributed by atoms with Gasteiger partial charge in [-0.1, -0.05) is 24.3 Å². The van der Waals surface area contributed by atoms with Gasteiger partial charge in [0, 0.05) is 37.1 Å². The van der Waals surface area contributed by atoms with Crippen LogP contribution in [0.15, 0.2) is 48.7 Å². The lowest BCUT2D eigenvalue weighted by atomic mass is 9.90. The van der Waals surface area contributed by atoms with Crippen LogP contribution in [-0.2, 0) is 11.2 Å². The van der Waals surface area contributed by atoms with Crippen LogP contribution in [0.5, 0.6) is 0 Å². The van der Waals surface area contributed by atoms with E-state index < -0.39 is 0 Å². The highest BCUT2D eigenvalue weighted by Gasteiger charge is 2.25. The molecule has 3 rings (SSSR count). The molecule has 2 N–H and O–H groups in total. The molecule has 1 aromatic carbocycles. The summed E-state index contributed by atoms with van der Waals surface area (Å²) in [4.78, 5) is 16.7. The first-order chi connectivity index (χ1) is 10.3. The van der Waals surface area contributed by atoms with Crippen LogP contribution in [0.3, 0.4) is 0 Å². The average molecular weight is 281 g/mol. The van der Waals surface area contributed by atoms with E-state index in [-0.39, 0.29) is 11.8 Å².